The average molecular weight is 481 g/mol. The number of anilines is 1. The number of ether oxygens (including phenoxy) is 2. The molecule has 0 aliphatic rings. The zero-order valence-electron chi connectivity index (χ0n) is 21.9. The number of rotatable bonds is 5. The van der Waals surface area contributed by atoms with Gasteiger partial charge in [-0.15, -0.1) is 0 Å². The molecule has 0 bridgehead atoms. The number of benzene rings is 2. The van der Waals surface area contributed by atoms with Gasteiger partial charge in [-0.3, -0.25) is 4.79 Å². The van der Waals surface area contributed by atoms with Gasteiger partial charge in [-0.1, -0.05) is 30.3 Å². The average Bonchev–Trinajstić information content (AvgIpc) is 3.15. The van der Waals surface area contributed by atoms with Crippen LogP contribution in [0.25, 0.3) is 22.0 Å². The van der Waals surface area contributed by atoms with Crippen LogP contribution in [0.3, 0.4) is 0 Å². The maximum absolute atomic E-state index is 12.7. The molecular weight excluding hydrogens is 444 g/mol. The van der Waals surface area contributed by atoms with Gasteiger partial charge in [0.1, 0.15) is 11.2 Å². The van der Waals surface area contributed by atoms with E-state index in [2.05, 4.69) is 5.10 Å². The molecule has 35 heavy (non-hydrogen) atoms. The van der Waals surface area contributed by atoms with Crippen LogP contribution in [0.15, 0.2) is 42.6 Å². The van der Waals surface area contributed by atoms with E-state index in [0.29, 0.717) is 5.52 Å². The summed E-state index contributed by atoms with van der Waals surface area (Å²) in [6.45, 7) is 11.1. The highest BCUT2D eigenvalue weighted by Gasteiger charge is 2.26. The van der Waals surface area contributed by atoms with Gasteiger partial charge in [0.2, 0.25) is 0 Å². The molecule has 2 N–H and O–H groups in total. The van der Waals surface area contributed by atoms with Gasteiger partial charge < -0.3 is 20.1 Å². The summed E-state index contributed by atoms with van der Waals surface area (Å²) < 4.78 is 12.3. The highest BCUT2D eigenvalue weighted by atomic mass is 16.6. The molecule has 0 aliphatic heterocycles. The Morgan fingerprint density at radius 3 is 2.09 bits per heavy atom. The summed E-state index contributed by atoms with van der Waals surface area (Å²) in [5, 5.41) is 5.13. The summed E-state index contributed by atoms with van der Waals surface area (Å²) in [6, 6.07) is 11.6. The first kappa shape index (κ1) is 26.2. The van der Waals surface area contributed by atoms with Crippen molar-refractivity contribution in [3.8, 4) is 11.1 Å². The Labute approximate surface area is 207 Å². The Kier molecular flexibility index (Phi) is 7.26. The van der Waals surface area contributed by atoms with Gasteiger partial charge >= 0.3 is 12.1 Å². The van der Waals surface area contributed by atoms with Crippen molar-refractivity contribution in [3.05, 3.63) is 48.2 Å². The molecule has 1 aromatic heterocycles. The van der Waals surface area contributed by atoms with Crippen LogP contribution in [0.2, 0.25) is 0 Å². The second kappa shape index (κ2) is 9.70. The predicted octanol–water partition coefficient (Wildman–Crippen LogP) is 4.94. The number of esters is 1. The predicted molar refractivity (Wildman–Crippen MR) is 139 cm³/mol. The molecule has 0 saturated heterocycles. The van der Waals surface area contributed by atoms with Crippen LogP contribution in [0.4, 0.5) is 10.5 Å². The molecule has 0 saturated carbocycles. The van der Waals surface area contributed by atoms with Gasteiger partial charge in [0.05, 0.1) is 23.3 Å². The summed E-state index contributed by atoms with van der Waals surface area (Å²) in [4.78, 5) is 27.3. The summed E-state index contributed by atoms with van der Waals surface area (Å²) in [5.41, 5.74) is 9.03. The van der Waals surface area contributed by atoms with Crippen molar-refractivity contribution in [2.45, 2.75) is 58.7 Å². The van der Waals surface area contributed by atoms with Crippen molar-refractivity contribution in [1.29, 1.82) is 0 Å². The van der Waals surface area contributed by atoms with Crippen molar-refractivity contribution in [3.63, 3.8) is 0 Å². The third kappa shape index (κ3) is 6.00. The number of carbonyl (C=O) groups excluding carboxylic acids is 2. The molecule has 0 amide bonds. The summed E-state index contributed by atoms with van der Waals surface area (Å²) >= 11 is 0. The van der Waals surface area contributed by atoms with Gasteiger partial charge in [0.25, 0.3) is 0 Å². The van der Waals surface area contributed by atoms with Crippen LogP contribution in [-0.4, -0.2) is 53.7 Å². The van der Waals surface area contributed by atoms with Gasteiger partial charge in [0.15, 0.2) is 0 Å². The Balaban J connectivity index is 2.00. The molecule has 8 heteroatoms. The van der Waals surface area contributed by atoms with Gasteiger partial charge in [-0.05, 0) is 58.7 Å². The lowest BCUT2D eigenvalue weighted by atomic mass is 9.94. The molecule has 1 unspecified atom stereocenters. The van der Waals surface area contributed by atoms with E-state index in [-0.39, 0.29) is 12.5 Å². The Hall–Kier alpha value is -3.39. The van der Waals surface area contributed by atoms with E-state index >= 15 is 0 Å². The molecule has 1 atom stereocenters. The van der Waals surface area contributed by atoms with E-state index in [9.17, 15) is 9.59 Å². The van der Waals surface area contributed by atoms with Crippen molar-refractivity contribution in [2.24, 2.45) is 5.73 Å². The van der Waals surface area contributed by atoms with Crippen molar-refractivity contribution >= 4 is 28.7 Å². The minimum atomic E-state index is -0.623. The molecule has 3 rings (SSSR count). The van der Waals surface area contributed by atoms with Crippen molar-refractivity contribution < 1.29 is 19.1 Å². The van der Waals surface area contributed by atoms with Crippen LogP contribution in [-0.2, 0) is 14.3 Å². The molecule has 0 fully saturated rings. The molecule has 8 nitrogen and oxygen atoms in total. The van der Waals surface area contributed by atoms with Crippen LogP contribution in [0.1, 0.15) is 53.0 Å². The van der Waals surface area contributed by atoms with Crippen LogP contribution < -0.4 is 10.6 Å². The lowest BCUT2D eigenvalue weighted by Gasteiger charge is -2.24. The fourth-order valence-corrected chi connectivity index (χ4v) is 3.89. The minimum absolute atomic E-state index is 0.160. The summed E-state index contributed by atoms with van der Waals surface area (Å²) in [7, 11) is 3.90. The molecule has 188 valence electrons. The first-order chi connectivity index (χ1) is 16.2. The van der Waals surface area contributed by atoms with Crippen LogP contribution in [0, 0.1) is 0 Å². The van der Waals surface area contributed by atoms with Gasteiger partial charge in [-0.25, -0.2) is 4.79 Å². The molecule has 0 aliphatic carbocycles. The van der Waals surface area contributed by atoms with Crippen molar-refractivity contribution in [2.75, 3.05) is 25.5 Å². The second-order valence-electron chi connectivity index (χ2n) is 10.8. The highest BCUT2D eigenvalue weighted by molar-refractivity contribution is 6.02. The standard InChI is InChI=1S/C27H36N4O4/c1-26(2,3)34-24(32)20(15-28)18-11-9-17(10-12-18)19-13-14-22-21(23(19)30(7)8)16-29-31(22)25(33)35-27(4,5)6/h9-14,16,20H,15,28H2,1-8H3. The Morgan fingerprint density at radius 2 is 1.57 bits per heavy atom. The first-order valence-corrected chi connectivity index (χ1v) is 11.7. The zero-order chi connectivity index (χ0) is 26.1. The van der Waals surface area contributed by atoms with Crippen molar-refractivity contribution in [1.82, 2.24) is 9.78 Å². The SMILES string of the molecule is CN(C)c1c(-c2ccc(C(CN)C(=O)OC(C)(C)C)cc2)ccc2c1cnn2C(=O)OC(C)(C)C. The molecule has 0 spiro atoms. The topological polar surface area (TPSA) is 99.7 Å². The van der Waals surface area contributed by atoms with E-state index in [1.54, 1.807) is 6.20 Å². The number of carbonyl (C=O) groups is 2. The summed E-state index contributed by atoms with van der Waals surface area (Å²) in [5.74, 6) is -0.871. The third-order valence-electron chi connectivity index (χ3n) is 5.29. The van der Waals surface area contributed by atoms with Gasteiger partial charge in [0, 0.05) is 31.6 Å². The number of hydrogen-bond acceptors (Lipinski definition) is 7. The lowest BCUT2D eigenvalue weighted by molar-refractivity contribution is -0.156. The quantitative estimate of drug-likeness (QED) is 0.517. The molecule has 3 aromatic rings. The fourth-order valence-electron chi connectivity index (χ4n) is 3.89. The highest BCUT2D eigenvalue weighted by Crippen LogP contribution is 2.37. The Morgan fingerprint density at radius 1 is 0.971 bits per heavy atom. The number of nitrogens with two attached hydrogens (primary N) is 1. The molecular formula is C27H36N4O4. The smallest absolute Gasteiger partial charge is 0.435 e. The second-order valence-corrected chi connectivity index (χ2v) is 10.8. The number of aromatic nitrogens is 2. The first-order valence-electron chi connectivity index (χ1n) is 11.7. The van der Waals surface area contributed by atoms with Crippen LogP contribution >= 0.6 is 0 Å². The third-order valence-corrected chi connectivity index (χ3v) is 5.29. The lowest BCUT2D eigenvalue weighted by Crippen LogP contribution is -2.31. The van der Waals surface area contributed by atoms with E-state index in [4.69, 9.17) is 15.2 Å². The monoisotopic (exact) mass is 480 g/mol. The maximum atomic E-state index is 12.7. The normalized spacial score (nSPS) is 12.9. The van der Waals surface area contributed by atoms with E-state index in [1.807, 2.05) is 96.9 Å². The fraction of sp³-hybridized carbons (Fsp3) is 0.444. The maximum Gasteiger partial charge on any atom is 0.435 e. The molecule has 2 aromatic carbocycles. The van der Waals surface area contributed by atoms with E-state index in [0.717, 1.165) is 27.8 Å². The van der Waals surface area contributed by atoms with Crippen LogP contribution in [0.5, 0.6) is 0 Å². The van der Waals surface area contributed by atoms with E-state index in [1.165, 1.54) is 4.68 Å². The summed E-state index contributed by atoms with van der Waals surface area (Å²) in [6.07, 6.45) is 1.16. The number of nitrogens with zero attached hydrogens (tertiary/aromatic N) is 3. The largest absolute Gasteiger partial charge is 0.459 e. The molecule has 0 radical (unpaired) electrons. The minimum Gasteiger partial charge on any atom is -0.459 e. The van der Waals surface area contributed by atoms with Gasteiger partial charge in [-0.2, -0.15) is 9.78 Å². The number of fused-ring (bicyclic) bond motifs is 1. The number of hydrogen-bond donors (Lipinski definition) is 1. The zero-order valence-corrected chi connectivity index (χ0v) is 21.9. The van der Waals surface area contributed by atoms with E-state index < -0.39 is 23.2 Å². The molecule has 1 heterocycles. The Bertz CT molecular complexity index is 1210.